The normalized spacial score (nSPS) is 16.6. The van der Waals surface area contributed by atoms with Gasteiger partial charge in [-0.1, -0.05) is 23.7 Å². The number of fused-ring (bicyclic) bond motifs is 1. The Balaban J connectivity index is 1.55. The molecule has 2 aromatic carbocycles. The van der Waals surface area contributed by atoms with Crippen LogP contribution in [-0.2, 0) is 28.8 Å². The van der Waals surface area contributed by atoms with Crippen LogP contribution in [0.25, 0.3) is 17.0 Å². The van der Waals surface area contributed by atoms with Gasteiger partial charge in [-0.15, -0.1) is 0 Å². The van der Waals surface area contributed by atoms with Crippen molar-refractivity contribution < 1.29 is 31.5 Å². The molecule has 1 saturated heterocycles. The van der Waals surface area contributed by atoms with E-state index in [0.29, 0.717) is 16.5 Å². The third kappa shape index (κ3) is 5.76. The number of carbonyl (C=O) groups excluding carboxylic acids is 2. The Bertz CT molecular complexity index is 1380. The second-order valence-electron chi connectivity index (χ2n) is 7.40. The van der Waals surface area contributed by atoms with Crippen molar-refractivity contribution in [2.24, 2.45) is 0 Å². The van der Waals surface area contributed by atoms with Crippen molar-refractivity contribution in [3.8, 4) is 0 Å². The third-order valence-electron chi connectivity index (χ3n) is 5.10. The second kappa shape index (κ2) is 10.1. The number of aromatic nitrogens is 2. The van der Waals surface area contributed by atoms with Crippen LogP contribution in [0.15, 0.2) is 47.5 Å². The Labute approximate surface area is 208 Å². The van der Waals surface area contributed by atoms with Gasteiger partial charge in [0, 0.05) is 23.5 Å². The maximum atomic E-state index is 13.4. The average molecular weight is 545 g/mol. The van der Waals surface area contributed by atoms with Crippen LogP contribution in [0.4, 0.5) is 18.0 Å². The fourth-order valence-electron chi connectivity index (χ4n) is 3.52. The summed E-state index contributed by atoms with van der Waals surface area (Å²) in [6, 6.07) is 8.63. The zero-order valence-electron chi connectivity index (χ0n) is 17.6. The number of alkyl halides is 3. The number of thioether (sulfide) groups is 1. The lowest BCUT2D eigenvalue weighted by atomic mass is 10.1. The van der Waals surface area contributed by atoms with E-state index in [1.165, 1.54) is 29.1 Å². The molecule has 1 aliphatic rings. The minimum Gasteiger partial charge on any atom is -0.294 e. The highest BCUT2D eigenvalue weighted by Crippen LogP contribution is 2.35. The van der Waals surface area contributed by atoms with Crippen LogP contribution in [0, 0.1) is 0 Å². The molecule has 2 heterocycles. The van der Waals surface area contributed by atoms with Gasteiger partial charge < -0.3 is 0 Å². The number of benzene rings is 2. The van der Waals surface area contributed by atoms with Gasteiger partial charge in [0.1, 0.15) is 0 Å². The van der Waals surface area contributed by atoms with Crippen molar-refractivity contribution in [1.82, 2.24) is 19.4 Å². The van der Waals surface area contributed by atoms with E-state index in [2.05, 4.69) is 9.82 Å². The van der Waals surface area contributed by atoms with Crippen LogP contribution in [0.3, 0.4) is 0 Å². The Morgan fingerprint density at radius 2 is 1.97 bits per heavy atom. The van der Waals surface area contributed by atoms with E-state index in [-0.39, 0.29) is 35.1 Å². The van der Waals surface area contributed by atoms with Gasteiger partial charge in [0.05, 0.1) is 28.7 Å². The molecule has 2 amide bonds. The summed E-state index contributed by atoms with van der Waals surface area (Å²) in [6.07, 6.45) is -1.53. The van der Waals surface area contributed by atoms with E-state index in [0.717, 1.165) is 22.7 Å². The van der Waals surface area contributed by atoms with Crippen LogP contribution in [0.5, 0.6) is 0 Å². The molecule has 1 atom stereocenters. The van der Waals surface area contributed by atoms with Gasteiger partial charge in [0.2, 0.25) is 11.3 Å². The first-order chi connectivity index (χ1) is 16.5. The molecule has 2 N–H and O–H groups in total. The minimum atomic E-state index is -4.56. The fraction of sp³-hybridized carbons (Fsp3) is 0.190. The number of nitrogens with zero attached hydrogens (tertiary/aromatic N) is 3. The number of rotatable bonds is 7. The summed E-state index contributed by atoms with van der Waals surface area (Å²) in [5.74, 6) is -0.524. The van der Waals surface area contributed by atoms with Crippen molar-refractivity contribution in [1.29, 1.82) is 0 Å². The predicted octanol–water partition coefficient (Wildman–Crippen LogP) is 4.52. The lowest BCUT2D eigenvalue weighted by molar-refractivity contribution is -0.138. The predicted molar refractivity (Wildman–Crippen MR) is 127 cm³/mol. The highest BCUT2D eigenvalue weighted by molar-refractivity contribution is 8.18. The van der Waals surface area contributed by atoms with Crippen molar-refractivity contribution in [2.45, 2.75) is 12.7 Å². The highest BCUT2D eigenvalue weighted by atomic mass is 35.5. The number of imide groups is 1. The minimum absolute atomic E-state index is 0.0138. The SMILES string of the molecule is O=C1SC(=Cc2ccc3c(cnn3Cc3ccc(Cl)cc3C(F)(F)F)c2)C(=O)N1CCNS(=O)O. The monoisotopic (exact) mass is 544 g/mol. The summed E-state index contributed by atoms with van der Waals surface area (Å²) in [6.45, 7) is -0.228. The largest absolute Gasteiger partial charge is 0.416 e. The topological polar surface area (TPSA) is 105 Å². The van der Waals surface area contributed by atoms with Crippen molar-refractivity contribution >= 4 is 62.8 Å². The van der Waals surface area contributed by atoms with Crippen LogP contribution < -0.4 is 4.72 Å². The molecule has 0 aliphatic carbocycles. The van der Waals surface area contributed by atoms with Crippen LogP contribution in [-0.4, -0.2) is 47.7 Å². The molecular formula is C21H16ClF3N4O4S2. The first-order valence-electron chi connectivity index (χ1n) is 9.94. The van der Waals surface area contributed by atoms with E-state index in [4.69, 9.17) is 16.2 Å². The van der Waals surface area contributed by atoms with Gasteiger partial charge in [-0.25, -0.2) is 8.93 Å². The molecular weight excluding hydrogens is 529 g/mol. The average Bonchev–Trinajstić information content (AvgIpc) is 3.29. The summed E-state index contributed by atoms with van der Waals surface area (Å²) in [5.41, 5.74) is 0.367. The quantitative estimate of drug-likeness (QED) is 0.335. The molecule has 1 aromatic heterocycles. The fourth-order valence-corrected chi connectivity index (χ4v) is 4.83. The summed E-state index contributed by atoms with van der Waals surface area (Å²) in [7, 11) is 0. The van der Waals surface area contributed by atoms with E-state index in [1.807, 2.05) is 0 Å². The zero-order valence-corrected chi connectivity index (χ0v) is 20.0. The Kier molecular flexibility index (Phi) is 7.33. The van der Waals surface area contributed by atoms with Gasteiger partial charge in [-0.2, -0.15) is 18.3 Å². The number of amides is 2. The maximum Gasteiger partial charge on any atom is 0.416 e. The molecule has 35 heavy (non-hydrogen) atoms. The molecule has 1 unspecified atom stereocenters. The van der Waals surface area contributed by atoms with Gasteiger partial charge in [-0.05, 0) is 53.2 Å². The first kappa shape index (κ1) is 25.4. The van der Waals surface area contributed by atoms with Crippen LogP contribution >= 0.6 is 23.4 Å². The number of nitrogens with one attached hydrogen (secondary N) is 1. The van der Waals surface area contributed by atoms with Gasteiger partial charge in [0.25, 0.3) is 11.1 Å². The number of halogens is 4. The second-order valence-corrected chi connectivity index (χ2v) is 9.61. The van der Waals surface area contributed by atoms with Crippen LogP contribution in [0.1, 0.15) is 16.7 Å². The van der Waals surface area contributed by atoms with Crippen LogP contribution in [0.2, 0.25) is 5.02 Å². The summed E-state index contributed by atoms with van der Waals surface area (Å²) >= 11 is 4.25. The summed E-state index contributed by atoms with van der Waals surface area (Å²) in [4.78, 5) is 25.8. The lowest BCUT2D eigenvalue weighted by Gasteiger charge is -2.14. The molecule has 0 radical (unpaired) electrons. The molecule has 1 fully saturated rings. The standard InChI is InChI=1S/C21H16ClF3N4O4S2/c22-15-3-2-13(16(9-15)21(23,24)25)11-29-17-4-1-12(7-14(17)10-26-29)8-18-19(30)28(20(31)34-18)6-5-27-35(32)33/h1-4,7-10,27H,5-6,11H2,(H,32,33). The van der Waals surface area contributed by atoms with E-state index in [1.54, 1.807) is 18.2 Å². The smallest absolute Gasteiger partial charge is 0.294 e. The molecule has 8 nitrogen and oxygen atoms in total. The highest BCUT2D eigenvalue weighted by Gasteiger charge is 2.35. The van der Waals surface area contributed by atoms with E-state index in [9.17, 15) is 27.0 Å². The molecule has 4 rings (SSSR count). The Morgan fingerprint density at radius 1 is 1.20 bits per heavy atom. The molecule has 0 spiro atoms. The van der Waals surface area contributed by atoms with Crippen molar-refractivity contribution in [3.63, 3.8) is 0 Å². The molecule has 0 bridgehead atoms. The third-order valence-corrected chi connectivity index (χ3v) is 6.69. The van der Waals surface area contributed by atoms with Crippen molar-refractivity contribution in [3.05, 3.63) is 69.2 Å². The number of hydrogen-bond donors (Lipinski definition) is 2. The zero-order chi connectivity index (χ0) is 25.3. The Morgan fingerprint density at radius 3 is 2.69 bits per heavy atom. The number of hydrogen-bond acceptors (Lipinski definition) is 5. The van der Waals surface area contributed by atoms with E-state index < -0.39 is 34.2 Å². The maximum absolute atomic E-state index is 13.4. The molecule has 14 heteroatoms. The van der Waals surface area contributed by atoms with Gasteiger partial charge in [0.15, 0.2) is 0 Å². The summed E-state index contributed by atoms with van der Waals surface area (Å²) < 4.78 is 63.3. The number of carbonyl (C=O) groups is 2. The molecule has 184 valence electrons. The Hall–Kier alpha value is -2.71. The molecule has 0 saturated carbocycles. The van der Waals surface area contributed by atoms with Crippen molar-refractivity contribution in [2.75, 3.05) is 13.1 Å². The summed E-state index contributed by atoms with van der Waals surface area (Å²) in [5, 5.41) is 4.33. The van der Waals surface area contributed by atoms with Gasteiger partial charge in [-0.3, -0.25) is 23.7 Å². The molecule has 1 aliphatic heterocycles. The van der Waals surface area contributed by atoms with E-state index >= 15 is 0 Å². The van der Waals surface area contributed by atoms with Gasteiger partial charge >= 0.3 is 6.18 Å². The lowest BCUT2D eigenvalue weighted by Crippen LogP contribution is -2.35. The first-order valence-corrected chi connectivity index (χ1v) is 12.2. The molecule has 3 aromatic rings.